The van der Waals surface area contributed by atoms with Crippen LogP contribution in [-0.2, 0) is 28.8 Å². The average Bonchev–Trinajstić information content (AvgIpc) is 2.70. The predicted molar refractivity (Wildman–Crippen MR) is 114 cm³/mol. The molecule has 0 spiro atoms. The van der Waals surface area contributed by atoms with Gasteiger partial charge in [-0.2, -0.15) is 12.6 Å². The highest BCUT2D eigenvalue weighted by Gasteiger charge is 2.32. The van der Waals surface area contributed by atoms with Crippen LogP contribution in [0.25, 0.3) is 0 Å². The summed E-state index contributed by atoms with van der Waals surface area (Å²) in [6, 6.07) is -5.31. The van der Waals surface area contributed by atoms with Crippen molar-refractivity contribution >= 4 is 48.3 Å². The van der Waals surface area contributed by atoms with Gasteiger partial charge in [-0.05, 0) is 12.3 Å². The van der Waals surface area contributed by atoms with Gasteiger partial charge in [-0.1, -0.05) is 20.3 Å². The minimum atomic E-state index is -1.48. The van der Waals surface area contributed by atoms with Gasteiger partial charge in [0.1, 0.15) is 18.1 Å². The first-order chi connectivity index (χ1) is 14.8. The normalized spacial score (nSPS) is 15.4. The number of carboxylic acid groups (broad SMARTS) is 3. The van der Waals surface area contributed by atoms with E-state index in [4.69, 9.17) is 15.9 Å². The van der Waals surface area contributed by atoms with Crippen LogP contribution in [-0.4, -0.2) is 80.9 Å². The van der Waals surface area contributed by atoms with Gasteiger partial charge in [0.15, 0.2) is 0 Å². The van der Waals surface area contributed by atoms with E-state index in [0.29, 0.717) is 6.42 Å². The predicted octanol–water partition coefficient (Wildman–Crippen LogP) is -1.83. The van der Waals surface area contributed by atoms with Crippen molar-refractivity contribution in [2.45, 2.75) is 63.7 Å². The lowest BCUT2D eigenvalue weighted by molar-refractivity contribution is -0.143. The van der Waals surface area contributed by atoms with E-state index >= 15 is 0 Å². The third kappa shape index (κ3) is 10.4. The number of thiol groups is 1. The highest BCUT2D eigenvalue weighted by molar-refractivity contribution is 7.80. The summed E-state index contributed by atoms with van der Waals surface area (Å²) >= 11 is 3.98. The van der Waals surface area contributed by atoms with Gasteiger partial charge in [0.05, 0.1) is 12.5 Å². The third-order valence-corrected chi connectivity index (χ3v) is 4.97. The third-order valence-electron chi connectivity index (χ3n) is 4.60. The molecule has 5 unspecified atom stereocenters. The summed E-state index contributed by atoms with van der Waals surface area (Å²) in [4.78, 5) is 70.0. The van der Waals surface area contributed by atoms with Gasteiger partial charge in [0.25, 0.3) is 0 Å². The lowest BCUT2D eigenvalue weighted by Gasteiger charge is -2.27. The zero-order chi connectivity index (χ0) is 25.0. The average molecular weight is 479 g/mol. The van der Waals surface area contributed by atoms with Crippen LogP contribution < -0.4 is 21.7 Å². The summed E-state index contributed by atoms with van der Waals surface area (Å²) in [6.45, 7) is 3.37. The largest absolute Gasteiger partial charge is 0.481 e. The molecule has 13 nitrogen and oxygen atoms in total. The summed E-state index contributed by atoms with van der Waals surface area (Å²) in [5.74, 6) is -7.14. The van der Waals surface area contributed by atoms with E-state index in [-0.39, 0.29) is 12.2 Å². The van der Waals surface area contributed by atoms with E-state index in [1.54, 1.807) is 13.8 Å². The van der Waals surface area contributed by atoms with E-state index in [0.717, 1.165) is 0 Å². The van der Waals surface area contributed by atoms with Crippen molar-refractivity contribution in [2.24, 2.45) is 11.7 Å². The molecular weight excluding hydrogens is 448 g/mol. The maximum atomic E-state index is 12.7. The molecule has 0 rings (SSSR count). The first-order valence-electron chi connectivity index (χ1n) is 9.77. The van der Waals surface area contributed by atoms with Crippen LogP contribution in [0.5, 0.6) is 0 Å². The standard InChI is InChI=1S/C18H30N4O9S/c1-3-8(2)14(17(29)20-10(18(30)31)4-5-12(23)24)22-16(28)11(7-32)21-15(27)9(19)6-13(25)26/h8-11,14,32H,3-7,19H2,1-2H3,(H,20,29)(H,21,27)(H,22,28)(H,23,24)(H,25,26)(H,30,31). The molecule has 0 heterocycles. The van der Waals surface area contributed by atoms with E-state index < -0.39 is 78.6 Å². The monoisotopic (exact) mass is 478 g/mol. The number of aliphatic carboxylic acids is 3. The molecule has 0 fully saturated rings. The maximum Gasteiger partial charge on any atom is 0.326 e. The van der Waals surface area contributed by atoms with Crippen LogP contribution >= 0.6 is 12.6 Å². The fourth-order valence-corrected chi connectivity index (χ4v) is 2.75. The molecule has 0 radical (unpaired) electrons. The van der Waals surface area contributed by atoms with E-state index in [1.807, 2.05) is 0 Å². The van der Waals surface area contributed by atoms with E-state index in [1.165, 1.54) is 0 Å². The van der Waals surface area contributed by atoms with Gasteiger partial charge in [-0.25, -0.2) is 4.79 Å². The van der Waals surface area contributed by atoms with E-state index in [9.17, 15) is 33.9 Å². The minimum absolute atomic E-state index is 0.192. The Hall–Kier alpha value is -2.87. The quantitative estimate of drug-likeness (QED) is 0.123. The van der Waals surface area contributed by atoms with Crippen LogP contribution in [0.15, 0.2) is 0 Å². The molecule has 3 amide bonds. The second-order valence-electron chi connectivity index (χ2n) is 7.15. The molecule has 14 heteroatoms. The summed E-state index contributed by atoms with van der Waals surface area (Å²) in [7, 11) is 0. The van der Waals surface area contributed by atoms with Crippen molar-refractivity contribution < 1.29 is 44.1 Å². The van der Waals surface area contributed by atoms with Gasteiger partial charge in [0.2, 0.25) is 17.7 Å². The van der Waals surface area contributed by atoms with Crippen LogP contribution in [0.2, 0.25) is 0 Å². The molecule has 0 bridgehead atoms. The van der Waals surface area contributed by atoms with Crippen LogP contribution in [0, 0.1) is 5.92 Å². The maximum absolute atomic E-state index is 12.7. The molecule has 0 saturated carbocycles. The number of hydrogen-bond acceptors (Lipinski definition) is 8. The molecule has 0 aromatic heterocycles. The summed E-state index contributed by atoms with van der Waals surface area (Å²) in [6.07, 6.45) is -1.07. The number of carbonyl (C=O) groups is 6. The smallest absolute Gasteiger partial charge is 0.326 e. The number of amides is 3. The Morgan fingerprint density at radius 3 is 1.88 bits per heavy atom. The topological polar surface area (TPSA) is 225 Å². The van der Waals surface area contributed by atoms with E-state index in [2.05, 4.69) is 28.6 Å². The Balaban J connectivity index is 5.33. The molecule has 0 aromatic rings. The molecule has 182 valence electrons. The van der Waals surface area contributed by atoms with Crippen molar-refractivity contribution in [3.05, 3.63) is 0 Å². The van der Waals surface area contributed by atoms with Crippen molar-refractivity contribution in [3.8, 4) is 0 Å². The van der Waals surface area contributed by atoms with Gasteiger partial charge < -0.3 is 37.0 Å². The lowest BCUT2D eigenvalue weighted by Crippen LogP contribution is -2.59. The number of carboxylic acids is 3. The Morgan fingerprint density at radius 1 is 0.875 bits per heavy atom. The zero-order valence-corrected chi connectivity index (χ0v) is 18.6. The Morgan fingerprint density at radius 2 is 1.44 bits per heavy atom. The molecular formula is C18H30N4O9S. The molecule has 32 heavy (non-hydrogen) atoms. The molecule has 0 aliphatic heterocycles. The van der Waals surface area contributed by atoms with Crippen molar-refractivity contribution in [1.82, 2.24) is 16.0 Å². The summed E-state index contributed by atoms with van der Waals surface area (Å²) in [5, 5.41) is 33.6. The van der Waals surface area contributed by atoms with Crippen LogP contribution in [0.1, 0.15) is 39.5 Å². The number of rotatable bonds is 15. The molecule has 0 saturated heterocycles. The SMILES string of the molecule is CCC(C)C(NC(=O)C(CS)NC(=O)C(N)CC(=O)O)C(=O)NC(CCC(=O)O)C(=O)O. The van der Waals surface area contributed by atoms with Crippen molar-refractivity contribution in [2.75, 3.05) is 5.75 Å². The summed E-state index contributed by atoms with van der Waals surface area (Å²) < 4.78 is 0. The highest BCUT2D eigenvalue weighted by Crippen LogP contribution is 2.10. The van der Waals surface area contributed by atoms with Gasteiger partial charge in [0, 0.05) is 12.2 Å². The molecule has 8 N–H and O–H groups in total. The van der Waals surface area contributed by atoms with Crippen molar-refractivity contribution in [3.63, 3.8) is 0 Å². The molecule has 5 atom stereocenters. The Kier molecular flexibility index (Phi) is 13.0. The van der Waals surface area contributed by atoms with Crippen molar-refractivity contribution in [1.29, 1.82) is 0 Å². The fourth-order valence-electron chi connectivity index (χ4n) is 2.50. The lowest BCUT2D eigenvalue weighted by atomic mass is 9.97. The first-order valence-corrected chi connectivity index (χ1v) is 10.4. The second kappa shape index (κ2) is 14.2. The highest BCUT2D eigenvalue weighted by atomic mass is 32.1. The van der Waals surface area contributed by atoms with Gasteiger partial charge >= 0.3 is 17.9 Å². The van der Waals surface area contributed by atoms with Gasteiger partial charge in [-0.15, -0.1) is 0 Å². The number of hydrogen-bond donors (Lipinski definition) is 8. The van der Waals surface area contributed by atoms with Gasteiger partial charge in [-0.3, -0.25) is 24.0 Å². The number of nitrogens with one attached hydrogen (secondary N) is 3. The second-order valence-corrected chi connectivity index (χ2v) is 7.52. The molecule has 0 aliphatic rings. The zero-order valence-electron chi connectivity index (χ0n) is 17.7. The summed E-state index contributed by atoms with van der Waals surface area (Å²) in [5.41, 5.74) is 5.46. The minimum Gasteiger partial charge on any atom is -0.481 e. The fraction of sp³-hybridized carbons (Fsp3) is 0.667. The Bertz CT molecular complexity index is 719. The van der Waals surface area contributed by atoms with Crippen LogP contribution in [0.4, 0.5) is 0 Å². The molecule has 0 aromatic carbocycles. The Labute approximate surface area is 189 Å². The molecule has 0 aliphatic carbocycles. The first kappa shape index (κ1) is 29.1. The number of nitrogens with two attached hydrogens (primary N) is 1. The van der Waals surface area contributed by atoms with Crippen LogP contribution in [0.3, 0.4) is 0 Å². The number of carbonyl (C=O) groups excluding carboxylic acids is 3.